The van der Waals surface area contributed by atoms with Gasteiger partial charge in [0.15, 0.2) is 0 Å². The van der Waals surface area contributed by atoms with Gasteiger partial charge < -0.3 is 9.15 Å². The highest BCUT2D eigenvalue weighted by molar-refractivity contribution is 5.89. The molecule has 0 atom stereocenters. The quantitative estimate of drug-likeness (QED) is 0.359. The summed E-state index contributed by atoms with van der Waals surface area (Å²) in [5.41, 5.74) is 1.26. The number of rotatable bonds is 4. The number of benzene rings is 2. The summed E-state index contributed by atoms with van der Waals surface area (Å²) in [5.74, 6) is 0.196. The van der Waals surface area contributed by atoms with Crippen molar-refractivity contribution in [3.63, 3.8) is 0 Å². The number of ether oxygens (including phenoxy) is 1. The van der Waals surface area contributed by atoms with Crippen molar-refractivity contribution in [2.24, 2.45) is 0 Å². The maximum Gasteiger partial charge on any atom is 0.339 e. The Labute approximate surface area is 163 Å². The van der Waals surface area contributed by atoms with Crippen LogP contribution in [0.25, 0.3) is 11.0 Å². The van der Waals surface area contributed by atoms with Crippen molar-refractivity contribution in [1.29, 1.82) is 0 Å². The van der Waals surface area contributed by atoms with Gasteiger partial charge in [0.1, 0.15) is 11.3 Å². The molecule has 0 spiro atoms. The fourth-order valence-electron chi connectivity index (χ4n) is 3.71. The second kappa shape index (κ2) is 7.01. The van der Waals surface area contributed by atoms with E-state index in [1.165, 1.54) is 6.07 Å². The topological polar surface area (TPSA) is 126 Å². The largest absolute Gasteiger partial charge is 0.449 e. The zero-order valence-electron chi connectivity index (χ0n) is 15.5. The fraction of sp³-hybridized carbons (Fsp3) is 0.250. The number of hydrogen-bond acceptors (Lipinski definition) is 7. The Balaban J connectivity index is 1.92. The minimum Gasteiger partial charge on any atom is -0.449 e. The summed E-state index contributed by atoms with van der Waals surface area (Å²) in [4.78, 5) is 33.3. The lowest BCUT2D eigenvalue weighted by molar-refractivity contribution is -0.394. The van der Waals surface area contributed by atoms with Gasteiger partial charge in [-0.15, -0.1) is 0 Å². The van der Waals surface area contributed by atoms with E-state index in [1.54, 1.807) is 19.1 Å². The Hall–Kier alpha value is -3.75. The van der Waals surface area contributed by atoms with Gasteiger partial charge in [0.05, 0.1) is 21.3 Å². The number of non-ortho nitro benzene ring substituents is 1. The van der Waals surface area contributed by atoms with Crippen LogP contribution >= 0.6 is 0 Å². The van der Waals surface area contributed by atoms with Crippen molar-refractivity contribution in [3.8, 4) is 11.5 Å². The molecule has 0 bridgehead atoms. The third-order valence-electron chi connectivity index (χ3n) is 5.00. The lowest BCUT2D eigenvalue weighted by Crippen LogP contribution is -2.16. The highest BCUT2D eigenvalue weighted by Crippen LogP contribution is 2.40. The van der Waals surface area contributed by atoms with Gasteiger partial charge in [-0.05, 0) is 61.9 Å². The van der Waals surface area contributed by atoms with E-state index in [9.17, 15) is 25.0 Å². The third-order valence-corrected chi connectivity index (χ3v) is 5.00. The molecule has 0 fully saturated rings. The van der Waals surface area contributed by atoms with E-state index in [2.05, 4.69) is 0 Å². The summed E-state index contributed by atoms with van der Waals surface area (Å²) in [5, 5.41) is 23.0. The average molecular weight is 396 g/mol. The number of aryl methyl sites for hydroxylation is 2. The van der Waals surface area contributed by atoms with Gasteiger partial charge in [0.25, 0.3) is 5.69 Å². The van der Waals surface area contributed by atoms with E-state index in [0.29, 0.717) is 35.1 Å². The fourth-order valence-corrected chi connectivity index (χ4v) is 3.71. The molecule has 1 aliphatic rings. The van der Waals surface area contributed by atoms with E-state index < -0.39 is 21.2 Å². The van der Waals surface area contributed by atoms with E-state index in [0.717, 1.165) is 36.1 Å². The zero-order valence-corrected chi connectivity index (χ0v) is 15.5. The van der Waals surface area contributed by atoms with Gasteiger partial charge in [-0.2, -0.15) is 0 Å². The second-order valence-corrected chi connectivity index (χ2v) is 6.96. The van der Waals surface area contributed by atoms with Gasteiger partial charge in [0, 0.05) is 11.6 Å². The molecule has 0 aliphatic heterocycles. The molecular formula is C20H16N2O7. The molecule has 0 radical (unpaired) electrons. The molecule has 148 valence electrons. The van der Waals surface area contributed by atoms with Crippen LogP contribution in [0.5, 0.6) is 11.5 Å². The molecule has 1 aromatic heterocycles. The first kappa shape index (κ1) is 18.6. The minimum atomic E-state index is -0.726. The van der Waals surface area contributed by atoms with E-state index >= 15 is 0 Å². The SMILES string of the molecule is Cc1cc(Oc2ccc([N+](=O)[O-])cc2[N+](=O)[O-])c2c3c(c(=O)oc2c1)CCCC3. The first-order valence-electron chi connectivity index (χ1n) is 9.05. The Bertz CT molecular complexity index is 1230. The summed E-state index contributed by atoms with van der Waals surface area (Å²) in [6.45, 7) is 1.79. The Morgan fingerprint density at radius 1 is 0.966 bits per heavy atom. The standard InChI is InChI=1S/C20H16N2O7/c1-11-8-17(28-16-7-6-12(21(24)25)10-15(16)22(26)27)19-13-4-2-3-5-14(13)20(23)29-18(19)9-11/h6-10H,2-5H2,1H3. The summed E-state index contributed by atoms with van der Waals surface area (Å²) in [6, 6.07) is 6.65. The molecule has 1 aliphatic carbocycles. The molecule has 2 aromatic carbocycles. The number of nitro benzene ring substituents is 2. The van der Waals surface area contributed by atoms with E-state index in [4.69, 9.17) is 9.15 Å². The molecule has 9 heteroatoms. The third kappa shape index (κ3) is 3.31. The smallest absolute Gasteiger partial charge is 0.339 e. The first-order valence-corrected chi connectivity index (χ1v) is 9.05. The van der Waals surface area contributed by atoms with Crippen LogP contribution in [0.4, 0.5) is 11.4 Å². The van der Waals surface area contributed by atoms with Crippen LogP contribution in [0.2, 0.25) is 0 Å². The Morgan fingerprint density at radius 3 is 2.38 bits per heavy atom. The van der Waals surface area contributed by atoms with Crippen LogP contribution in [0.1, 0.15) is 29.5 Å². The van der Waals surface area contributed by atoms with Gasteiger partial charge in [0.2, 0.25) is 5.75 Å². The lowest BCUT2D eigenvalue weighted by Gasteiger charge is -2.18. The van der Waals surface area contributed by atoms with Crippen molar-refractivity contribution in [3.05, 3.63) is 77.7 Å². The number of fused-ring (bicyclic) bond motifs is 3. The van der Waals surface area contributed by atoms with Crippen LogP contribution < -0.4 is 10.4 Å². The normalized spacial score (nSPS) is 13.1. The molecule has 29 heavy (non-hydrogen) atoms. The summed E-state index contributed by atoms with van der Waals surface area (Å²) < 4.78 is 11.4. The maximum absolute atomic E-state index is 12.3. The Kier molecular flexibility index (Phi) is 4.50. The lowest BCUT2D eigenvalue weighted by atomic mass is 9.90. The molecule has 0 amide bonds. The molecule has 0 saturated carbocycles. The van der Waals surface area contributed by atoms with E-state index in [-0.39, 0.29) is 11.4 Å². The van der Waals surface area contributed by atoms with Crippen LogP contribution in [0.15, 0.2) is 39.5 Å². The molecule has 1 heterocycles. The molecular weight excluding hydrogens is 380 g/mol. The predicted octanol–water partition coefficient (Wildman–Crippen LogP) is 4.59. The molecule has 4 rings (SSSR count). The van der Waals surface area contributed by atoms with Crippen molar-refractivity contribution in [1.82, 2.24) is 0 Å². The molecule has 9 nitrogen and oxygen atoms in total. The zero-order chi connectivity index (χ0) is 20.7. The predicted molar refractivity (Wildman–Crippen MR) is 104 cm³/mol. The molecule has 0 saturated heterocycles. The van der Waals surface area contributed by atoms with Crippen molar-refractivity contribution < 1.29 is 19.0 Å². The van der Waals surface area contributed by atoms with Crippen LogP contribution in [0, 0.1) is 27.2 Å². The van der Waals surface area contributed by atoms with Gasteiger partial charge in [-0.25, -0.2) is 4.79 Å². The Morgan fingerprint density at radius 2 is 1.69 bits per heavy atom. The van der Waals surface area contributed by atoms with Gasteiger partial charge in [-0.1, -0.05) is 0 Å². The number of nitro groups is 2. The second-order valence-electron chi connectivity index (χ2n) is 6.96. The van der Waals surface area contributed by atoms with Crippen molar-refractivity contribution in [2.45, 2.75) is 32.6 Å². The molecule has 0 N–H and O–H groups in total. The van der Waals surface area contributed by atoms with Gasteiger partial charge >= 0.3 is 11.3 Å². The summed E-state index contributed by atoms with van der Waals surface area (Å²) in [6.07, 6.45) is 3.09. The highest BCUT2D eigenvalue weighted by Gasteiger charge is 2.25. The maximum atomic E-state index is 12.3. The van der Waals surface area contributed by atoms with Crippen molar-refractivity contribution >= 4 is 22.3 Å². The van der Waals surface area contributed by atoms with Crippen LogP contribution in [-0.2, 0) is 12.8 Å². The minimum absolute atomic E-state index is 0.122. The van der Waals surface area contributed by atoms with Crippen LogP contribution in [-0.4, -0.2) is 9.85 Å². The number of hydrogen-bond donors (Lipinski definition) is 0. The molecule has 0 unspecified atom stereocenters. The molecule has 3 aromatic rings. The first-order chi connectivity index (χ1) is 13.8. The average Bonchev–Trinajstić information content (AvgIpc) is 2.67. The summed E-state index contributed by atoms with van der Waals surface area (Å²) in [7, 11) is 0. The van der Waals surface area contributed by atoms with Gasteiger partial charge in [-0.3, -0.25) is 20.2 Å². The van der Waals surface area contributed by atoms with Crippen LogP contribution in [0.3, 0.4) is 0 Å². The number of nitrogens with zero attached hydrogens (tertiary/aromatic N) is 2. The highest BCUT2D eigenvalue weighted by atomic mass is 16.6. The van der Waals surface area contributed by atoms with Crippen molar-refractivity contribution in [2.75, 3.05) is 0 Å². The summed E-state index contributed by atoms with van der Waals surface area (Å²) >= 11 is 0. The monoisotopic (exact) mass is 396 g/mol. The van der Waals surface area contributed by atoms with E-state index in [1.807, 2.05) is 0 Å².